The van der Waals surface area contributed by atoms with Crippen LogP contribution in [0, 0.1) is 0 Å². The van der Waals surface area contributed by atoms with Gasteiger partial charge in [-0.15, -0.1) is 6.58 Å². The Kier molecular flexibility index (Phi) is 6.46. The van der Waals surface area contributed by atoms with Gasteiger partial charge in [0.15, 0.2) is 21.5 Å². The van der Waals surface area contributed by atoms with Gasteiger partial charge in [0.1, 0.15) is 15.9 Å². The maximum atomic E-state index is 4.21. The smallest absolute Gasteiger partial charge is 0.100 e. The van der Waals surface area contributed by atoms with Gasteiger partial charge in [-0.2, -0.15) is 0 Å². The maximum Gasteiger partial charge on any atom is 0.181 e. The van der Waals surface area contributed by atoms with Gasteiger partial charge in [0.2, 0.25) is 0 Å². The Hall–Kier alpha value is -1.69. The molecule has 0 fully saturated rings. The maximum absolute atomic E-state index is 4.21. The lowest BCUT2D eigenvalue weighted by Gasteiger charge is -2.20. The molecule has 0 nitrogen and oxygen atoms in total. The molecule has 0 unspecified atom stereocenters. The fourth-order valence-corrected chi connectivity index (χ4v) is 7.92. The van der Waals surface area contributed by atoms with Gasteiger partial charge in [-0.25, -0.2) is 0 Å². The third-order valence-corrected chi connectivity index (χ3v) is 11.3. The van der Waals surface area contributed by atoms with Crippen molar-refractivity contribution in [3.8, 4) is 0 Å². The zero-order valence-corrected chi connectivity index (χ0v) is 17.7. The molecule has 3 aromatic carbocycles. The molecular formula is C24H25BrP+. The first-order valence-corrected chi connectivity index (χ1v) is 12.9. The first-order valence-electron chi connectivity index (χ1n) is 9.04. The Labute approximate surface area is 166 Å². The van der Waals surface area contributed by atoms with Crippen molar-refractivity contribution < 1.29 is 0 Å². The summed E-state index contributed by atoms with van der Waals surface area (Å²) in [6, 6.07) is 30.8. The van der Waals surface area contributed by atoms with Crippen molar-refractivity contribution in [3.05, 3.63) is 103 Å². The van der Waals surface area contributed by atoms with E-state index >= 15 is 0 Å². The highest BCUT2D eigenvalue weighted by atomic mass is 79.9. The first kappa shape index (κ1) is 19.1. The third-order valence-electron chi connectivity index (χ3n) is 4.59. The Morgan fingerprint density at radius 3 is 1.69 bits per heavy atom. The zero-order valence-electron chi connectivity index (χ0n) is 15.2. The summed E-state index contributed by atoms with van der Waals surface area (Å²) in [4.78, 5) is 0. The Bertz CT molecular complexity index is 799. The van der Waals surface area contributed by atoms with Gasteiger partial charge >= 0.3 is 0 Å². The number of rotatable bonds is 7. The van der Waals surface area contributed by atoms with Crippen LogP contribution in [0.4, 0.5) is 0 Å². The average molecular weight is 424 g/mol. The minimum atomic E-state index is -1.79. The SMILES string of the molecule is C=C(C)CCCc1ccc([P+](Br)(c2ccccc2)c2ccccc2)cc1. The summed E-state index contributed by atoms with van der Waals surface area (Å²) >= 11 is 4.21. The summed E-state index contributed by atoms with van der Waals surface area (Å²) in [7, 11) is 0. The van der Waals surface area contributed by atoms with Gasteiger partial charge < -0.3 is 0 Å². The van der Waals surface area contributed by atoms with Crippen LogP contribution in [0.1, 0.15) is 25.3 Å². The highest BCUT2D eigenvalue weighted by molar-refractivity contribution is 9.44. The molecule has 3 aromatic rings. The Morgan fingerprint density at radius 1 is 0.769 bits per heavy atom. The molecular weight excluding hydrogens is 399 g/mol. The molecule has 0 aliphatic carbocycles. The second-order valence-electron chi connectivity index (χ2n) is 6.74. The van der Waals surface area contributed by atoms with Crippen LogP contribution >= 0.6 is 21.5 Å². The quantitative estimate of drug-likeness (QED) is 0.314. The highest BCUT2D eigenvalue weighted by Gasteiger charge is 2.43. The molecule has 0 saturated heterocycles. The predicted molar refractivity (Wildman–Crippen MR) is 122 cm³/mol. The van der Waals surface area contributed by atoms with Crippen LogP contribution in [0.2, 0.25) is 0 Å². The molecule has 0 N–H and O–H groups in total. The van der Waals surface area contributed by atoms with E-state index < -0.39 is 5.96 Å². The molecule has 26 heavy (non-hydrogen) atoms. The van der Waals surface area contributed by atoms with Gasteiger partial charge in [0.25, 0.3) is 0 Å². The van der Waals surface area contributed by atoms with Gasteiger partial charge in [0.05, 0.1) is 0 Å². The van der Waals surface area contributed by atoms with Gasteiger partial charge in [0, 0.05) is 0 Å². The van der Waals surface area contributed by atoms with Crippen LogP contribution < -0.4 is 15.9 Å². The molecule has 0 aliphatic rings. The van der Waals surface area contributed by atoms with E-state index in [1.165, 1.54) is 33.5 Å². The van der Waals surface area contributed by atoms with Crippen LogP contribution in [0.15, 0.2) is 97.1 Å². The summed E-state index contributed by atoms with van der Waals surface area (Å²) in [5, 5.41) is 4.06. The molecule has 0 amide bonds. The number of benzene rings is 3. The summed E-state index contributed by atoms with van der Waals surface area (Å²) in [6.45, 7) is 6.10. The van der Waals surface area contributed by atoms with Crippen LogP contribution in [0.25, 0.3) is 0 Å². The first-order chi connectivity index (χ1) is 12.6. The molecule has 0 radical (unpaired) electrons. The Balaban J connectivity index is 1.94. The van der Waals surface area contributed by atoms with Crippen LogP contribution in [-0.4, -0.2) is 0 Å². The van der Waals surface area contributed by atoms with Crippen molar-refractivity contribution >= 4 is 37.4 Å². The van der Waals surface area contributed by atoms with Crippen molar-refractivity contribution in [2.75, 3.05) is 0 Å². The van der Waals surface area contributed by atoms with Crippen molar-refractivity contribution in [1.29, 1.82) is 0 Å². The van der Waals surface area contributed by atoms with Gasteiger partial charge in [-0.3, -0.25) is 0 Å². The summed E-state index contributed by atoms with van der Waals surface area (Å²) in [5.41, 5.74) is 2.66. The molecule has 2 heteroatoms. The largest absolute Gasteiger partial charge is 0.181 e. The molecule has 0 spiro atoms. The van der Waals surface area contributed by atoms with E-state index in [-0.39, 0.29) is 0 Å². The monoisotopic (exact) mass is 423 g/mol. The predicted octanol–water partition coefficient (Wildman–Crippen LogP) is 6.19. The van der Waals surface area contributed by atoms with Crippen molar-refractivity contribution in [2.45, 2.75) is 26.2 Å². The fraction of sp³-hybridized carbons (Fsp3) is 0.167. The molecule has 0 aliphatic heterocycles. The second kappa shape index (κ2) is 8.80. The number of hydrogen-bond donors (Lipinski definition) is 0. The lowest BCUT2D eigenvalue weighted by molar-refractivity contribution is 0.814. The topological polar surface area (TPSA) is 0 Å². The highest BCUT2D eigenvalue weighted by Crippen LogP contribution is 2.62. The van der Waals surface area contributed by atoms with E-state index in [2.05, 4.69) is 114 Å². The lowest BCUT2D eigenvalue weighted by Crippen LogP contribution is -2.26. The molecule has 132 valence electrons. The molecule has 3 rings (SSSR count). The third kappa shape index (κ3) is 4.34. The van der Waals surface area contributed by atoms with E-state index in [4.69, 9.17) is 0 Å². The molecule has 0 atom stereocenters. The number of allylic oxidation sites excluding steroid dienone is 1. The second-order valence-corrected chi connectivity index (χ2v) is 12.7. The van der Waals surface area contributed by atoms with E-state index in [0.717, 1.165) is 12.8 Å². The molecule has 0 bridgehead atoms. The average Bonchev–Trinajstić information content (AvgIpc) is 2.69. The van der Waals surface area contributed by atoms with Crippen LogP contribution in [0.5, 0.6) is 0 Å². The van der Waals surface area contributed by atoms with Crippen LogP contribution in [0.3, 0.4) is 0 Å². The standard InChI is InChI=1S/C24H25BrP/c1-20(2)10-9-11-21-16-18-24(19-17-21)26(25,22-12-5-3-6-13-22)23-14-7-4-8-15-23/h3-8,12-19H,1,9-11H2,2H3/q+1. The minimum Gasteiger partial charge on any atom is -0.100 e. The number of halogens is 1. The molecule has 0 aromatic heterocycles. The van der Waals surface area contributed by atoms with Gasteiger partial charge in [-0.05, 0) is 68.1 Å². The van der Waals surface area contributed by atoms with Crippen molar-refractivity contribution in [1.82, 2.24) is 0 Å². The Morgan fingerprint density at radius 2 is 1.23 bits per heavy atom. The normalized spacial score (nSPS) is 11.3. The van der Waals surface area contributed by atoms with E-state index in [9.17, 15) is 0 Å². The summed E-state index contributed by atoms with van der Waals surface area (Å²) in [5.74, 6) is -1.79. The van der Waals surface area contributed by atoms with E-state index in [0.29, 0.717) is 0 Å². The van der Waals surface area contributed by atoms with E-state index in [1.54, 1.807) is 0 Å². The minimum absolute atomic E-state index is 1.10. The van der Waals surface area contributed by atoms with Crippen molar-refractivity contribution in [2.24, 2.45) is 0 Å². The molecule has 0 heterocycles. The number of hydrogen-bond acceptors (Lipinski definition) is 0. The lowest BCUT2D eigenvalue weighted by atomic mass is 10.1. The number of aryl methyl sites for hydroxylation is 1. The van der Waals surface area contributed by atoms with Crippen molar-refractivity contribution in [3.63, 3.8) is 0 Å². The van der Waals surface area contributed by atoms with Gasteiger partial charge in [-0.1, -0.05) is 54.1 Å². The van der Waals surface area contributed by atoms with E-state index in [1.807, 2.05) is 0 Å². The molecule has 0 saturated carbocycles. The van der Waals surface area contributed by atoms with Crippen LogP contribution in [-0.2, 0) is 6.42 Å². The zero-order chi connectivity index (χ0) is 18.4. The summed E-state index contributed by atoms with van der Waals surface area (Å²) in [6.07, 6.45) is 3.38. The fourth-order valence-electron chi connectivity index (χ4n) is 3.18. The summed E-state index contributed by atoms with van der Waals surface area (Å²) < 4.78 is 0.